The average molecular weight is 1160 g/mol. The standard InChI is InChI=1S/C62H109NO18/c1-3-5-7-9-11-13-15-17-18-19-20-21-22-23-24-25-26-28-29-31-33-35-37-39-46(67)45(63-50(68)40-38-36-34-32-30-27-16-14-12-10-8-6-4-2)44-76-60-56(74)53(71)58(48(42-65)78-60)81-62-57(75)54(72)59(49(43-66)79-62)80-61-55(73)52(70)51(69)47(41-64)77-61/h6,8,12,14,27,29-31,37,39,45-49,51-62,64-67,69-75H,3-5,7,9-11,13,15-26,28,32-36,38,40-44H2,1-2H3,(H,63,68)/b8-6-,14-12-,30-27-,31-29+,39-37+. The van der Waals surface area contributed by atoms with E-state index in [4.69, 9.17) is 28.4 Å². The zero-order valence-electron chi connectivity index (χ0n) is 49.0. The maximum Gasteiger partial charge on any atom is 0.220 e. The van der Waals surface area contributed by atoms with Crippen LogP contribution in [0.5, 0.6) is 0 Å². The second-order valence-corrected chi connectivity index (χ2v) is 22.1. The van der Waals surface area contributed by atoms with Gasteiger partial charge in [0.2, 0.25) is 5.91 Å². The molecule has 17 atom stereocenters. The van der Waals surface area contributed by atoms with Crippen LogP contribution < -0.4 is 5.32 Å². The number of aliphatic hydroxyl groups is 11. The average Bonchev–Trinajstić information content (AvgIpc) is 3.51. The van der Waals surface area contributed by atoms with Crippen LogP contribution in [0.3, 0.4) is 0 Å². The Morgan fingerprint density at radius 1 is 0.457 bits per heavy atom. The third-order valence-corrected chi connectivity index (χ3v) is 15.3. The van der Waals surface area contributed by atoms with Crippen molar-refractivity contribution in [3.8, 4) is 0 Å². The molecule has 3 aliphatic rings. The van der Waals surface area contributed by atoms with E-state index in [-0.39, 0.29) is 18.9 Å². The largest absolute Gasteiger partial charge is 0.394 e. The molecule has 0 radical (unpaired) electrons. The van der Waals surface area contributed by atoms with Gasteiger partial charge in [-0.1, -0.05) is 184 Å². The van der Waals surface area contributed by atoms with Crippen molar-refractivity contribution < 1.29 is 89.4 Å². The van der Waals surface area contributed by atoms with Crippen LogP contribution >= 0.6 is 0 Å². The number of carbonyl (C=O) groups is 1. The van der Waals surface area contributed by atoms with Crippen LogP contribution in [0, 0.1) is 0 Å². The zero-order valence-corrected chi connectivity index (χ0v) is 49.0. The molecular formula is C62H109NO18. The summed E-state index contributed by atoms with van der Waals surface area (Å²) in [6.45, 7) is 1.56. The summed E-state index contributed by atoms with van der Waals surface area (Å²) in [7, 11) is 0. The SMILES string of the molecule is CC/C=C\C/C=C\C/C=C\CCCCCC(=O)NC(COC1OC(CO)C(OC2OC(CO)C(OC3OC(CO)C(O)C(O)C3O)C(O)C2O)C(O)C1O)C(O)/C=C/CC/C=C/CCCCCCCCCCCCCCCCCCC. The molecule has 3 fully saturated rings. The molecular weight excluding hydrogens is 1050 g/mol. The Morgan fingerprint density at radius 3 is 1.38 bits per heavy atom. The molecule has 0 aliphatic carbocycles. The Morgan fingerprint density at radius 2 is 0.864 bits per heavy atom. The van der Waals surface area contributed by atoms with E-state index in [9.17, 15) is 61.0 Å². The second-order valence-electron chi connectivity index (χ2n) is 22.1. The monoisotopic (exact) mass is 1160 g/mol. The van der Waals surface area contributed by atoms with Gasteiger partial charge in [-0.3, -0.25) is 4.79 Å². The van der Waals surface area contributed by atoms with Crippen molar-refractivity contribution in [3.05, 3.63) is 60.8 Å². The smallest absolute Gasteiger partial charge is 0.220 e. The first-order valence-corrected chi connectivity index (χ1v) is 31.0. The molecule has 0 saturated carbocycles. The minimum atomic E-state index is -1.99. The predicted molar refractivity (Wildman–Crippen MR) is 309 cm³/mol. The zero-order chi connectivity index (χ0) is 59.0. The van der Waals surface area contributed by atoms with Gasteiger partial charge in [-0.2, -0.15) is 0 Å². The summed E-state index contributed by atoms with van der Waals surface area (Å²) in [4.78, 5) is 13.3. The Balaban J connectivity index is 1.49. The molecule has 0 bridgehead atoms. The summed E-state index contributed by atoms with van der Waals surface area (Å²) >= 11 is 0. The van der Waals surface area contributed by atoms with Crippen LogP contribution in [-0.2, 0) is 33.2 Å². The van der Waals surface area contributed by atoms with Gasteiger partial charge in [0, 0.05) is 6.42 Å². The van der Waals surface area contributed by atoms with Gasteiger partial charge in [-0.15, -0.1) is 0 Å². The van der Waals surface area contributed by atoms with Gasteiger partial charge in [0.15, 0.2) is 18.9 Å². The molecule has 19 nitrogen and oxygen atoms in total. The predicted octanol–water partition coefficient (Wildman–Crippen LogP) is 6.04. The van der Waals surface area contributed by atoms with Crippen LogP contribution in [-0.4, -0.2) is 193 Å². The molecule has 81 heavy (non-hydrogen) atoms. The number of hydrogen-bond donors (Lipinski definition) is 12. The Bertz CT molecular complexity index is 1710. The van der Waals surface area contributed by atoms with E-state index in [2.05, 4.69) is 67.8 Å². The van der Waals surface area contributed by atoms with Crippen molar-refractivity contribution in [1.29, 1.82) is 0 Å². The van der Waals surface area contributed by atoms with Crippen LogP contribution in [0.1, 0.15) is 194 Å². The number of rotatable bonds is 45. The minimum Gasteiger partial charge on any atom is -0.394 e. The molecule has 19 heteroatoms. The van der Waals surface area contributed by atoms with E-state index in [1.54, 1.807) is 6.08 Å². The summed E-state index contributed by atoms with van der Waals surface area (Å²) < 4.78 is 34.2. The quantitative estimate of drug-likeness (QED) is 0.0244. The summed E-state index contributed by atoms with van der Waals surface area (Å²) in [6.07, 6.45) is 25.1. The van der Waals surface area contributed by atoms with Gasteiger partial charge in [-0.25, -0.2) is 0 Å². The molecule has 0 spiro atoms. The lowest BCUT2D eigenvalue weighted by Crippen LogP contribution is -2.66. The highest BCUT2D eigenvalue weighted by molar-refractivity contribution is 5.76. The first-order chi connectivity index (χ1) is 39.3. The van der Waals surface area contributed by atoms with E-state index in [0.717, 1.165) is 57.8 Å². The first kappa shape index (κ1) is 72.7. The highest BCUT2D eigenvalue weighted by Crippen LogP contribution is 2.33. The van der Waals surface area contributed by atoms with Gasteiger partial charge in [0.1, 0.15) is 73.2 Å². The van der Waals surface area contributed by atoms with Crippen molar-refractivity contribution in [3.63, 3.8) is 0 Å². The van der Waals surface area contributed by atoms with Crippen molar-refractivity contribution in [2.45, 2.75) is 298 Å². The van der Waals surface area contributed by atoms with Gasteiger partial charge in [0.25, 0.3) is 0 Å². The fourth-order valence-corrected chi connectivity index (χ4v) is 10.2. The van der Waals surface area contributed by atoms with E-state index in [1.165, 1.54) is 103 Å². The number of amides is 1. The number of nitrogens with one attached hydrogen (secondary N) is 1. The lowest BCUT2D eigenvalue weighted by atomic mass is 9.96. The highest BCUT2D eigenvalue weighted by Gasteiger charge is 2.53. The lowest BCUT2D eigenvalue weighted by molar-refractivity contribution is -0.379. The van der Waals surface area contributed by atoms with Crippen LogP contribution in [0.25, 0.3) is 0 Å². The molecule has 3 heterocycles. The van der Waals surface area contributed by atoms with Crippen molar-refractivity contribution in [2.24, 2.45) is 0 Å². The number of carbonyl (C=O) groups excluding carboxylic acids is 1. The summed E-state index contributed by atoms with van der Waals surface area (Å²) in [5.74, 6) is -0.316. The van der Waals surface area contributed by atoms with Gasteiger partial charge in [-0.05, 0) is 64.2 Å². The number of unbranched alkanes of at least 4 members (excludes halogenated alkanes) is 21. The highest BCUT2D eigenvalue weighted by atomic mass is 16.8. The number of ether oxygens (including phenoxy) is 6. The van der Waals surface area contributed by atoms with E-state index >= 15 is 0 Å². The minimum absolute atomic E-state index is 0.198. The number of allylic oxidation sites excluding steroid dienone is 9. The van der Waals surface area contributed by atoms with Gasteiger partial charge < -0.3 is 89.9 Å². The third-order valence-electron chi connectivity index (χ3n) is 15.3. The molecule has 0 aromatic carbocycles. The van der Waals surface area contributed by atoms with Crippen molar-refractivity contribution in [2.75, 3.05) is 26.4 Å². The topological polar surface area (TPSA) is 307 Å². The fourth-order valence-electron chi connectivity index (χ4n) is 10.2. The van der Waals surface area contributed by atoms with E-state index < -0.39 is 124 Å². The maximum atomic E-state index is 13.3. The lowest BCUT2D eigenvalue weighted by Gasteiger charge is -2.48. The van der Waals surface area contributed by atoms with Crippen molar-refractivity contribution in [1.82, 2.24) is 5.32 Å². The molecule has 3 aliphatic heterocycles. The van der Waals surface area contributed by atoms with E-state index in [0.29, 0.717) is 12.8 Å². The summed E-state index contributed by atoms with van der Waals surface area (Å²) in [6, 6.07) is -1.01. The molecule has 3 saturated heterocycles. The fraction of sp³-hybridized carbons (Fsp3) is 0.823. The van der Waals surface area contributed by atoms with Gasteiger partial charge >= 0.3 is 0 Å². The first-order valence-electron chi connectivity index (χ1n) is 31.0. The van der Waals surface area contributed by atoms with Crippen LogP contribution in [0.15, 0.2) is 60.8 Å². The van der Waals surface area contributed by atoms with Crippen LogP contribution in [0.4, 0.5) is 0 Å². The molecule has 0 aromatic rings. The molecule has 1 amide bonds. The Labute approximate surface area is 484 Å². The van der Waals surface area contributed by atoms with Crippen LogP contribution in [0.2, 0.25) is 0 Å². The van der Waals surface area contributed by atoms with E-state index in [1.807, 2.05) is 6.08 Å². The molecule has 12 N–H and O–H groups in total. The maximum absolute atomic E-state index is 13.3. The molecule has 0 aromatic heterocycles. The second kappa shape index (κ2) is 44.9. The van der Waals surface area contributed by atoms with Crippen molar-refractivity contribution >= 4 is 5.91 Å². The Hall–Kier alpha value is -2.51. The third kappa shape index (κ3) is 28.5. The molecule has 470 valence electrons. The molecule has 17 unspecified atom stereocenters. The number of hydrogen-bond acceptors (Lipinski definition) is 18. The molecule has 3 rings (SSSR count). The number of aliphatic hydroxyl groups excluding tert-OH is 11. The summed E-state index contributed by atoms with van der Waals surface area (Å²) in [5, 5.41) is 120. The normalized spacial score (nSPS) is 30.2. The van der Waals surface area contributed by atoms with Gasteiger partial charge in [0.05, 0.1) is 38.6 Å². The Kier molecular flexibility index (Phi) is 40.3. The summed E-state index contributed by atoms with van der Waals surface area (Å²) in [5.41, 5.74) is 0.